The van der Waals surface area contributed by atoms with Crippen molar-refractivity contribution < 1.29 is 4.74 Å². The van der Waals surface area contributed by atoms with Crippen LogP contribution in [0.15, 0.2) is 0 Å². The van der Waals surface area contributed by atoms with Crippen LogP contribution in [0.2, 0.25) is 0 Å². The van der Waals surface area contributed by atoms with Crippen LogP contribution in [0.4, 0.5) is 0 Å². The fourth-order valence-electron chi connectivity index (χ4n) is 4.79. The van der Waals surface area contributed by atoms with Crippen LogP contribution < -0.4 is 5.73 Å². The molecule has 0 aliphatic heterocycles. The fraction of sp³-hybridized carbons (Fsp3) is 1.00. The lowest BCUT2D eigenvalue weighted by Crippen LogP contribution is -2.40. The summed E-state index contributed by atoms with van der Waals surface area (Å²) in [5, 5.41) is 0. The van der Waals surface area contributed by atoms with Crippen LogP contribution in [0.1, 0.15) is 59.8 Å². The molecule has 2 N–H and O–H groups in total. The average molecular weight is 253 g/mol. The van der Waals surface area contributed by atoms with E-state index < -0.39 is 0 Å². The van der Waals surface area contributed by atoms with Gasteiger partial charge in [0.25, 0.3) is 0 Å². The van der Waals surface area contributed by atoms with Gasteiger partial charge in [-0.3, -0.25) is 0 Å². The van der Waals surface area contributed by atoms with Gasteiger partial charge in [-0.15, -0.1) is 0 Å². The van der Waals surface area contributed by atoms with Crippen LogP contribution in [0.3, 0.4) is 0 Å². The van der Waals surface area contributed by atoms with Crippen LogP contribution >= 0.6 is 0 Å². The summed E-state index contributed by atoms with van der Waals surface area (Å²) < 4.78 is 5.60. The van der Waals surface area contributed by atoms with Gasteiger partial charge < -0.3 is 10.5 Å². The summed E-state index contributed by atoms with van der Waals surface area (Å²) >= 11 is 0. The van der Waals surface area contributed by atoms with Crippen LogP contribution in [0.25, 0.3) is 0 Å². The minimum atomic E-state index is 0.331. The predicted octanol–water partition coefficient (Wildman–Crippen LogP) is 3.80. The zero-order valence-corrected chi connectivity index (χ0v) is 12.7. The standard InChI is InChI=1S/C16H31NO/c1-5-7-16(4,10-18-11-17)13-6-8-15(3)9-14(15)12(13)2/h12-14H,5-11,17H2,1-4H3. The Hall–Kier alpha value is -0.0800. The number of hydrogen-bond donors (Lipinski definition) is 1. The van der Waals surface area contributed by atoms with Gasteiger partial charge in [-0.2, -0.15) is 0 Å². The summed E-state index contributed by atoms with van der Waals surface area (Å²) in [5.41, 5.74) is 6.55. The van der Waals surface area contributed by atoms with E-state index in [0.29, 0.717) is 17.6 Å². The first-order chi connectivity index (χ1) is 8.47. The van der Waals surface area contributed by atoms with E-state index in [9.17, 15) is 0 Å². The average Bonchev–Trinajstić information content (AvgIpc) is 3.01. The van der Waals surface area contributed by atoms with Crippen LogP contribution in [0.5, 0.6) is 0 Å². The molecule has 106 valence electrons. The van der Waals surface area contributed by atoms with Crippen LogP contribution in [0, 0.1) is 28.6 Å². The molecule has 0 saturated heterocycles. The molecule has 5 atom stereocenters. The molecular formula is C16H31NO. The lowest BCUT2D eigenvalue weighted by Gasteiger charge is -2.44. The molecule has 0 amide bonds. The van der Waals surface area contributed by atoms with Crippen molar-refractivity contribution in [2.45, 2.75) is 59.8 Å². The van der Waals surface area contributed by atoms with E-state index in [4.69, 9.17) is 10.5 Å². The minimum absolute atomic E-state index is 0.331. The van der Waals surface area contributed by atoms with Gasteiger partial charge in [0.05, 0.1) is 13.3 Å². The first-order valence-electron chi connectivity index (χ1n) is 7.74. The predicted molar refractivity (Wildman–Crippen MR) is 76.1 cm³/mol. The molecule has 0 aromatic heterocycles. The Morgan fingerprint density at radius 3 is 2.78 bits per heavy atom. The molecule has 2 rings (SSSR count). The second-order valence-electron chi connectivity index (χ2n) is 7.39. The largest absolute Gasteiger partial charge is 0.366 e. The molecule has 0 bridgehead atoms. The lowest BCUT2D eigenvalue weighted by atomic mass is 9.62. The Labute approximate surface area is 113 Å². The van der Waals surface area contributed by atoms with E-state index >= 15 is 0 Å². The molecule has 0 aromatic carbocycles. The third-order valence-electron chi connectivity index (χ3n) is 5.98. The maximum atomic E-state index is 5.60. The number of ether oxygens (including phenoxy) is 1. The summed E-state index contributed by atoms with van der Waals surface area (Å²) in [5.74, 6) is 2.66. The second-order valence-corrected chi connectivity index (χ2v) is 7.39. The van der Waals surface area contributed by atoms with Crippen molar-refractivity contribution in [1.29, 1.82) is 0 Å². The van der Waals surface area contributed by atoms with E-state index in [0.717, 1.165) is 24.4 Å². The molecule has 0 heterocycles. The van der Waals surface area contributed by atoms with E-state index in [1.165, 1.54) is 32.1 Å². The van der Waals surface area contributed by atoms with Gasteiger partial charge in [0, 0.05) is 0 Å². The van der Waals surface area contributed by atoms with Crippen molar-refractivity contribution in [2.75, 3.05) is 13.3 Å². The van der Waals surface area contributed by atoms with Crippen molar-refractivity contribution in [1.82, 2.24) is 0 Å². The van der Waals surface area contributed by atoms with Gasteiger partial charge in [0.2, 0.25) is 0 Å². The Bertz CT molecular complexity index is 293. The SMILES string of the molecule is CCCC(C)(COCN)C1CCC2(C)CC2C1C. The van der Waals surface area contributed by atoms with Crippen LogP contribution in [-0.4, -0.2) is 13.3 Å². The van der Waals surface area contributed by atoms with E-state index in [-0.39, 0.29) is 0 Å². The first kappa shape index (κ1) is 14.3. The highest BCUT2D eigenvalue weighted by atomic mass is 16.5. The molecule has 2 aliphatic rings. The van der Waals surface area contributed by atoms with Crippen molar-refractivity contribution in [3.05, 3.63) is 0 Å². The Morgan fingerprint density at radius 2 is 2.17 bits per heavy atom. The summed E-state index contributed by atoms with van der Waals surface area (Å²) in [6.07, 6.45) is 6.79. The number of nitrogens with two attached hydrogens (primary N) is 1. The molecule has 2 fully saturated rings. The Kier molecular flexibility index (Phi) is 4.08. The third kappa shape index (κ3) is 2.46. The minimum Gasteiger partial charge on any atom is -0.366 e. The van der Waals surface area contributed by atoms with E-state index in [2.05, 4.69) is 27.7 Å². The third-order valence-corrected chi connectivity index (χ3v) is 5.98. The number of fused-ring (bicyclic) bond motifs is 1. The first-order valence-corrected chi connectivity index (χ1v) is 7.74. The lowest BCUT2D eigenvalue weighted by molar-refractivity contribution is -0.0256. The quantitative estimate of drug-likeness (QED) is 0.731. The summed E-state index contributed by atoms with van der Waals surface area (Å²) in [6, 6.07) is 0. The molecule has 2 nitrogen and oxygen atoms in total. The summed E-state index contributed by atoms with van der Waals surface area (Å²) in [7, 11) is 0. The van der Waals surface area contributed by atoms with E-state index in [1.807, 2.05) is 0 Å². The maximum absolute atomic E-state index is 5.60. The van der Waals surface area contributed by atoms with Crippen molar-refractivity contribution in [3.8, 4) is 0 Å². The van der Waals surface area contributed by atoms with Gasteiger partial charge in [-0.1, -0.05) is 34.1 Å². The molecule has 0 radical (unpaired) electrons. The molecule has 2 aliphatic carbocycles. The van der Waals surface area contributed by atoms with Crippen molar-refractivity contribution >= 4 is 0 Å². The monoisotopic (exact) mass is 253 g/mol. The normalized spacial score (nSPS) is 42.2. The van der Waals surface area contributed by atoms with Crippen molar-refractivity contribution in [3.63, 3.8) is 0 Å². The van der Waals surface area contributed by atoms with Gasteiger partial charge in [-0.05, 0) is 54.3 Å². The Balaban J connectivity index is 2.06. The molecule has 5 unspecified atom stereocenters. The number of hydrogen-bond acceptors (Lipinski definition) is 2. The molecular weight excluding hydrogens is 222 g/mol. The molecule has 0 spiro atoms. The van der Waals surface area contributed by atoms with E-state index in [1.54, 1.807) is 0 Å². The Morgan fingerprint density at radius 1 is 1.44 bits per heavy atom. The molecule has 2 heteroatoms. The highest BCUT2D eigenvalue weighted by Crippen LogP contribution is 2.66. The van der Waals surface area contributed by atoms with Crippen LogP contribution in [-0.2, 0) is 4.74 Å². The van der Waals surface area contributed by atoms with Gasteiger partial charge >= 0.3 is 0 Å². The van der Waals surface area contributed by atoms with Gasteiger partial charge in [0.15, 0.2) is 0 Å². The topological polar surface area (TPSA) is 35.2 Å². The maximum Gasteiger partial charge on any atom is 0.0940 e. The second kappa shape index (κ2) is 5.13. The highest BCUT2D eigenvalue weighted by Gasteiger charge is 2.58. The highest BCUT2D eigenvalue weighted by molar-refractivity contribution is 5.08. The molecule has 2 saturated carbocycles. The summed E-state index contributed by atoms with van der Waals surface area (Å²) in [4.78, 5) is 0. The van der Waals surface area contributed by atoms with Crippen molar-refractivity contribution in [2.24, 2.45) is 34.3 Å². The zero-order chi connectivity index (χ0) is 13.4. The fourth-order valence-corrected chi connectivity index (χ4v) is 4.79. The number of rotatable bonds is 6. The smallest absolute Gasteiger partial charge is 0.0940 e. The molecule has 18 heavy (non-hydrogen) atoms. The van der Waals surface area contributed by atoms with Gasteiger partial charge in [-0.25, -0.2) is 0 Å². The zero-order valence-electron chi connectivity index (χ0n) is 12.7. The molecule has 0 aromatic rings. The van der Waals surface area contributed by atoms with Gasteiger partial charge in [0.1, 0.15) is 0 Å². The summed E-state index contributed by atoms with van der Waals surface area (Å²) in [6.45, 7) is 10.9.